The fourth-order valence-electron chi connectivity index (χ4n) is 1.72. The first-order valence-corrected chi connectivity index (χ1v) is 6.83. The zero-order valence-electron chi connectivity index (χ0n) is 12.7. The molecule has 0 saturated carbocycles. The molecule has 0 radical (unpaired) electrons. The molecule has 0 spiro atoms. The van der Waals surface area contributed by atoms with Gasteiger partial charge < -0.3 is 9.31 Å². The Hall–Kier alpha value is -0.535. The second kappa shape index (κ2) is 6.07. The van der Waals surface area contributed by atoms with Crippen molar-refractivity contribution in [2.45, 2.75) is 48.0 Å². The maximum absolute atomic E-state index is 5.71. The van der Waals surface area contributed by atoms with Gasteiger partial charge in [-0.1, -0.05) is 59.8 Å². The van der Waals surface area contributed by atoms with E-state index in [1.54, 1.807) is 0 Å². The standard InChI is InChI=1S/C15H27BO2/c1-14(2,3)9-8-13(12-15(4,5)6)16-17-10-7-11-18-16/h8-9,12H,7,10-11H2,1-6H3/b9-8+,13-12-. The minimum Gasteiger partial charge on any atom is -0.407 e. The van der Waals surface area contributed by atoms with Gasteiger partial charge >= 0.3 is 7.12 Å². The molecule has 0 atom stereocenters. The van der Waals surface area contributed by atoms with Crippen LogP contribution in [0.5, 0.6) is 0 Å². The summed E-state index contributed by atoms with van der Waals surface area (Å²) >= 11 is 0. The normalized spacial score (nSPS) is 19.7. The maximum Gasteiger partial charge on any atom is 0.493 e. The van der Waals surface area contributed by atoms with Crippen molar-refractivity contribution < 1.29 is 9.31 Å². The molecule has 1 aliphatic rings. The summed E-state index contributed by atoms with van der Waals surface area (Å²) in [5, 5.41) is 0. The van der Waals surface area contributed by atoms with Gasteiger partial charge in [-0.05, 0) is 22.7 Å². The lowest BCUT2D eigenvalue weighted by Gasteiger charge is -2.24. The Morgan fingerprint density at radius 1 is 0.944 bits per heavy atom. The Labute approximate surface area is 113 Å². The zero-order chi connectivity index (χ0) is 13.8. The van der Waals surface area contributed by atoms with Crippen LogP contribution in [0.15, 0.2) is 23.7 Å². The van der Waals surface area contributed by atoms with Gasteiger partial charge in [0.1, 0.15) is 0 Å². The van der Waals surface area contributed by atoms with Crippen LogP contribution in [0.25, 0.3) is 0 Å². The first-order chi connectivity index (χ1) is 8.17. The van der Waals surface area contributed by atoms with Crippen molar-refractivity contribution in [2.75, 3.05) is 13.2 Å². The molecule has 0 N–H and O–H groups in total. The van der Waals surface area contributed by atoms with Crippen molar-refractivity contribution in [2.24, 2.45) is 10.8 Å². The quantitative estimate of drug-likeness (QED) is 0.544. The molecule has 1 aliphatic heterocycles. The van der Waals surface area contributed by atoms with E-state index in [1.807, 2.05) is 0 Å². The Balaban J connectivity index is 2.88. The predicted octanol–water partition coefficient (Wildman–Crippen LogP) is 4.03. The van der Waals surface area contributed by atoms with Crippen molar-refractivity contribution in [3.05, 3.63) is 23.7 Å². The van der Waals surface area contributed by atoms with Crippen LogP contribution in [0, 0.1) is 10.8 Å². The monoisotopic (exact) mass is 250 g/mol. The summed E-state index contributed by atoms with van der Waals surface area (Å²) in [5.41, 5.74) is 1.44. The highest BCUT2D eigenvalue weighted by Gasteiger charge is 2.27. The minimum atomic E-state index is -0.198. The molecule has 2 nitrogen and oxygen atoms in total. The molecule has 18 heavy (non-hydrogen) atoms. The smallest absolute Gasteiger partial charge is 0.407 e. The van der Waals surface area contributed by atoms with Crippen LogP contribution in [0.4, 0.5) is 0 Å². The molecule has 0 bridgehead atoms. The van der Waals surface area contributed by atoms with Crippen LogP contribution >= 0.6 is 0 Å². The molecular formula is C15H27BO2. The zero-order valence-corrected chi connectivity index (χ0v) is 12.7. The van der Waals surface area contributed by atoms with Crippen molar-refractivity contribution >= 4 is 7.12 Å². The number of rotatable bonds is 2. The number of hydrogen-bond donors (Lipinski definition) is 0. The number of hydrogen-bond acceptors (Lipinski definition) is 2. The van der Waals surface area contributed by atoms with Gasteiger partial charge in [0.15, 0.2) is 0 Å². The van der Waals surface area contributed by atoms with Gasteiger partial charge in [-0.3, -0.25) is 0 Å². The summed E-state index contributed by atoms with van der Waals surface area (Å²) in [6.45, 7) is 14.7. The van der Waals surface area contributed by atoms with Gasteiger partial charge in [-0.15, -0.1) is 0 Å². The van der Waals surface area contributed by atoms with E-state index in [4.69, 9.17) is 9.31 Å². The predicted molar refractivity (Wildman–Crippen MR) is 78.4 cm³/mol. The Bertz CT molecular complexity index is 312. The Kier molecular flexibility index (Phi) is 5.24. The second-order valence-corrected chi connectivity index (χ2v) is 7.14. The van der Waals surface area contributed by atoms with Crippen LogP contribution in [-0.2, 0) is 9.31 Å². The molecule has 3 heteroatoms. The van der Waals surface area contributed by atoms with Crippen molar-refractivity contribution in [3.8, 4) is 0 Å². The van der Waals surface area contributed by atoms with Gasteiger partial charge in [-0.25, -0.2) is 0 Å². The molecule has 0 aliphatic carbocycles. The minimum absolute atomic E-state index is 0.127. The van der Waals surface area contributed by atoms with Gasteiger partial charge in [0.25, 0.3) is 0 Å². The molecule has 0 unspecified atom stereocenters. The average Bonchev–Trinajstić information content (AvgIpc) is 2.23. The van der Waals surface area contributed by atoms with Crippen LogP contribution in [-0.4, -0.2) is 20.3 Å². The van der Waals surface area contributed by atoms with Gasteiger partial charge in [0.05, 0.1) is 0 Å². The first kappa shape index (κ1) is 15.5. The maximum atomic E-state index is 5.71. The lowest BCUT2D eigenvalue weighted by Crippen LogP contribution is -2.32. The molecule has 1 fully saturated rings. The van der Waals surface area contributed by atoms with Gasteiger partial charge in [0, 0.05) is 13.2 Å². The summed E-state index contributed by atoms with van der Waals surface area (Å²) in [6, 6.07) is 0. The summed E-state index contributed by atoms with van der Waals surface area (Å²) in [6.07, 6.45) is 7.60. The lowest BCUT2D eigenvalue weighted by molar-refractivity contribution is 0.140. The molecule has 0 aromatic rings. The van der Waals surface area contributed by atoms with Gasteiger partial charge in [-0.2, -0.15) is 0 Å². The van der Waals surface area contributed by atoms with Crippen LogP contribution in [0.2, 0.25) is 0 Å². The summed E-state index contributed by atoms with van der Waals surface area (Å²) in [7, 11) is -0.198. The third-order valence-electron chi connectivity index (χ3n) is 2.47. The molecular weight excluding hydrogens is 223 g/mol. The molecule has 1 heterocycles. The van der Waals surface area contributed by atoms with E-state index in [2.05, 4.69) is 59.8 Å². The van der Waals surface area contributed by atoms with E-state index >= 15 is 0 Å². The topological polar surface area (TPSA) is 18.5 Å². The van der Waals surface area contributed by atoms with Crippen molar-refractivity contribution in [3.63, 3.8) is 0 Å². The SMILES string of the molecule is CC(C)(C)/C=C/C(=C/C(C)(C)C)B1OCCCO1. The number of allylic oxidation sites excluding steroid dienone is 4. The van der Waals surface area contributed by atoms with E-state index in [0.29, 0.717) is 0 Å². The summed E-state index contributed by atoms with van der Waals surface area (Å²) in [5.74, 6) is 0. The van der Waals surface area contributed by atoms with Crippen LogP contribution in [0.3, 0.4) is 0 Å². The lowest BCUT2D eigenvalue weighted by atomic mass is 9.72. The fraction of sp³-hybridized carbons (Fsp3) is 0.733. The van der Waals surface area contributed by atoms with Crippen molar-refractivity contribution in [1.29, 1.82) is 0 Å². The van der Waals surface area contributed by atoms with E-state index in [-0.39, 0.29) is 17.9 Å². The Morgan fingerprint density at radius 3 is 1.94 bits per heavy atom. The molecule has 0 aromatic carbocycles. The molecule has 0 aromatic heterocycles. The van der Waals surface area contributed by atoms with Crippen molar-refractivity contribution in [1.82, 2.24) is 0 Å². The van der Waals surface area contributed by atoms with Gasteiger partial charge in [0.2, 0.25) is 0 Å². The molecule has 102 valence electrons. The third-order valence-corrected chi connectivity index (χ3v) is 2.47. The largest absolute Gasteiger partial charge is 0.493 e. The summed E-state index contributed by atoms with van der Waals surface area (Å²) in [4.78, 5) is 0. The average molecular weight is 250 g/mol. The highest BCUT2D eigenvalue weighted by molar-refractivity contribution is 6.54. The van der Waals surface area contributed by atoms with E-state index in [1.165, 1.54) is 0 Å². The second-order valence-electron chi connectivity index (χ2n) is 7.14. The highest BCUT2D eigenvalue weighted by atomic mass is 16.6. The van der Waals surface area contributed by atoms with E-state index < -0.39 is 0 Å². The Morgan fingerprint density at radius 2 is 1.50 bits per heavy atom. The molecule has 1 rings (SSSR count). The van der Waals surface area contributed by atoms with E-state index in [0.717, 1.165) is 25.1 Å². The molecule has 1 saturated heterocycles. The molecule has 0 amide bonds. The summed E-state index contributed by atoms with van der Waals surface area (Å²) < 4.78 is 11.4. The van der Waals surface area contributed by atoms with E-state index in [9.17, 15) is 0 Å². The van der Waals surface area contributed by atoms with Crippen LogP contribution < -0.4 is 0 Å². The fourth-order valence-corrected chi connectivity index (χ4v) is 1.72. The van der Waals surface area contributed by atoms with Crippen LogP contribution in [0.1, 0.15) is 48.0 Å². The third kappa shape index (κ3) is 6.41. The highest BCUT2D eigenvalue weighted by Crippen LogP contribution is 2.24. The first-order valence-electron chi connectivity index (χ1n) is 6.83.